The largest absolute Gasteiger partial charge is 0.380 e. The van der Waals surface area contributed by atoms with Crippen LogP contribution in [0.1, 0.15) is 12.5 Å². The first-order valence-corrected chi connectivity index (χ1v) is 6.70. The van der Waals surface area contributed by atoms with Crippen molar-refractivity contribution < 1.29 is 4.39 Å². The standard InChI is InChI=1S/C15H15BrFN/c1-11(10-12-6-8-13(16)9-7-12)18-15-5-3-2-4-14(15)17/h2-9,11,18H,10H2,1H3. The summed E-state index contributed by atoms with van der Waals surface area (Å²) in [5.41, 5.74) is 1.79. The second-order valence-electron chi connectivity index (χ2n) is 4.36. The molecule has 18 heavy (non-hydrogen) atoms. The maximum atomic E-state index is 13.5. The molecule has 2 rings (SSSR count). The molecular formula is C15H15BrFN. The molecule has 0 aliphatic heterocycles. The molecule has 1 N–H and O–H groups in total. The summed E-state index contributed by atoms with van der Waals surface area (Å²) in [5.74, 6) is -0.208. The zero-order chi connectivity index (χ0) is 13.0. The van der Waals surface area contributed by atoms with Gasteiger partial charge in [0.15, 0.2) is 0 Å². The molecule has 0 fully saturated rings. The number of nitrogens with one attached hydrogen (secondary N) is 1. The predicted octanol–water partition coefficient (Wildman–Crippen LogP) is 4.63. The van der Waals surface area contributed by atoms with E-state index in [1.807, 2.05) is 18.2 Å². The first-order chi connectivity index (χ1) is 8.65. The topological polar surface area (TPSA) is 12.0 Å². The molecule has 2 aromatic carbocycles. The monoisotopic (exact) mass is 307 g/mol. The predicted molar refractivity (Wildman–Crippen MR) is 77.3 cm³/mol. The number of hydrogen-bond acceptors (Lipinski definition) is 1. The zero-order valence-corrected chi connectivity index (χ0v) is 11.7. The van der Waals surface area contributed by atoms with Crippen LogP contribution in [-0.4, -0.2) is 6.04 Å². The summed E-state index contributed by atoms with van der Waals surface area (Å²) in [6, 6.07) is 15.1. The third-order valence-electron chi connectivity index (χ3n) is 2.73. The van der Waals surface area contributed by atoms with Gasteiger partial charge in [-0.15, -0.1) is 0 Å². The average molecular weight is 308 g/mol. The van der Waals surface area contributed by atoms with Crippen molar-refractivity contribution in [1.82, 2.24) is 0 Å². The molecule has 0 saturated heterocycles. The van der Waals surface area contributed by atoms with Crippen molar-refractivity contribution in [2.24, 2.45) is 0 Å². The van der Waals surface area contributed by atoms with Crippen LogP contribution in [0.4, 0.5) is 10.1 Å². The summed E-state index contributed by atoms with van der Waals surface area (Å²) in [6.07, 6.45) is 0.863. The lowest BCUT2D eigenvalue weighted by Crippen LogP contribution is -2.18. The highest BCUT2D eigenvalue weighted by atomic mass is 79.9. The van der Waals surface area contributed by atoms with E-state index in [4.69, 9.17) is 0 Å². The number of halogens is 2. The Hall–Kier alpha value is -1.35. The van der Waals surface area contributed by atoms with Crippen LogP contribution in [0.5, 0.6) is 0 Å². The highest BCUT2D eigenvalue weighted by Crippen LogP contribution is 2.16. The highest BCUT2D eigenvalue weighted by Gasteiger charge is 2.06. The van der Waals surface area contributed by atoms with E-state index in [1.54, 1.807) is 12.1 Å². The average Bonchev–Trinajstić information content (AvgIpc) is 2.35. The van der Waals surface area contributed by atoms with Crippen LogP contribution in [0.25, 0.3) is 0 Å². The first kappa shape index (κ1) is 13.1. The van der Waals surface area contributed by atoms with Crippen LogP contribution in [0.2, 0.25) is 0 Å². The molecule has 94 valence electrons. The summed E-state index contributed by atoms with van der Waals surface area (Å²) < 4.78 is 14.5. The quantitative estimate of drug-likeness (QED) is 0.868. The summed E-state index contributed by atoms with van der Waals surface area (Å²) in [7, 11) is 0. The second kappa shape index (κ2) is 6.01. The zero-order valence-electron chi connectivity index (χ0n) is 10.2. The van der Waals surface area contributed by atoms with Crippen molar-refractivity contribution in [3.8, 4) is 0 Å². The van der Waals surface area contributed by atoms with Crippen LogP contribution < -0.4 is 5.32 Å². The molecular weight excluding hydrogens is 293 g/mol. The van der Waals surface area contributed by atoms with Crippen LogP contribution >= 0.6 is 15.9 Å². The van der Waals surface area contributed by atoms with Crippen molar-refractivity contribution in [3.63, 3.8) is 0 Å². The van der Waals surface area contributed by atoms with Crippen molar-refractivity contribution in [3.05, 3.63) is 64.4 Å². The Morgan fingerprint density at radius 3 is 2.44 bits per heavy atom. The summed E-state index contributed by atoms with van der Waals surface area (Å²) in [5, 5.41) is 3.19. The molecule has 0 aromatic heterocycles. The number of hydrogen-bond donors (Lipinski definition) is 1. The fourth-order valence-corrected chi connectivity index (χ4v) is 2.13. The maximum absolute atomic E-state index is 13.5. The Balaban J connectivity index is 1.99. The first-order valence-electron chi connectivity index (χ1n) is 5.90. The van der Waals surface area contributed by atoms with E-state index in [2.05, 4.69) is 40.3 Å². The molecule has 0 amide bonds. The number of anilines is 1. The van der Waals surface area contributed by atoms with Crippen molar-refractivity contribution in [2.75, 3.05) is 5.32 Å². The molecule has 1 nitrogen and oxygen atoms in total. The second-order valence-corrected chi connectivity index (χ2v) is 5.27. The lowest BCUT2D eigenvalue weighted by molar-refractivity contribution is 0.626. The molecule has 0 saturated carbocycles. The highest BCUT2D eigenvalue weighted by molar-refractivity contribution is 9.10. The van der Waals surface area contributed by atoms with Gasteiger partial charge in [0, 0.05) is 10.5 Å². The number of benzene rings is 2. The van der Waals surface area contributed by atoms with Crippen LogP contribution in [0.3, 0.4) is 0 Å². The van der Waals surface area contributed by atoms with Gasteiger partial charge in [0.2, 0.25) is 0 Å². The molecule has 0 heterocycles. The molecule has 1 unspecified atom stereocenters. The van der Waals surface area contributed by atoms with Gasteiger partial charge in [-0.05, 0) is 43.2 Å². The van der Waals surface area contributed by atoms with E-state index in [0.717, 1.165) is 10.9 Å². The number of para-hydroxylation sites is 1. The Morgan fingerprint density at radius 2 is 1.78 bits per heavy atom. The van der Waals surface area contributed by atoms with E-state index in [1.165, 1.54) is 11.6 Å². The molecule has 1 atom stereocenters. The SMILES string of the molecule is CC(Cc1ccc(Br)cc1)Nc1ccccc1F. The Bertz CT molecular complexity index is 510. The van der Waals surface area contributed by atoms with E-state index in [-0.39, 0.29) is 11.9 Å². The van der Waals surface area contributed by atoms with E-state index < -0.39 is 0 Å². The van der Waals surface area contributed by atoms with Gasteiger partial charge in [-0.1, -0.05) is 40.2 Å². The van der Waals surface area contributed by atoms with E-state index in [9.17, 15) is 4.39 Å². The van der Waals surface area contributed by atoms with Crippen LogP contribution in [0.15, 0.2) is 53.0 Å². The molecule has 0 radical (unpaired) electrons. The molecule has 0 aliphatic rings. The van der Waals surface area contributed by atoms with Crippen molar-refractivity contribution in [2.45, 2.75) is 19.4 Å². The van der Waals surface area contributed by atoms with Gasteiger partial charge in [-0.25, -0.2) is 4.39 Å². The van der Waals surface area contributed by atoms with Crippen LogP contribution in [-0.2, 0) is 6.42 Å². The van der Waals surface area contributed by atoms with E-state index in [0.29, 0.717) is 5.69 Å². The van der Waals surface area contributed by atoms with Gasteiger partial charge < -0.3 is 5.32 Å². The molecule has 0 bridgehead atoms. The molecule has 3 heteroatoms. The molecule has 0 spiro atoms. The molecule has 0 aliphatic carbocycles. The normalized spacial score (nSPS) is 12.2. The van der Waals surface area contributed by atoms with Crippen molar-refractivity contribution in [1.29, 1.82) is 0 Å². The van der Waals surface area contributed by atoms with Crippen LogP contribution in [0, 0.1) is 5.82 Å². The van der Waals surface area contributed by atoms with Gasteiger partial charge in [0.1, 0.15) is 5.82 Å². The minimum absolute atomic E-state index is 0.183. The lowest BCUT2D eigenvalue weighted by Gasteiger charge is -2.15. The van der Waals surface area contributed by atoms with E-state index >= 15 is 0 Å². The lowest BCUT2D eigenvalue weighted by atomic mass is 10.1. The fraction of sp³-hybridized carbons (Fsp3) is 0.200. The van der Waals surface area contributed by atoms with Gasteiger partial charge in [-0.2, -0.15) is 0 Å². The minimum atomic E-state index is -0.208. The van der Waals surface area contributed by atoms with Gasteiger partial charge >= 0.3 is 0 Å². The fourth-order valence-electron chi connectivity index (χ4n) is 1.87. The van der Waals surface area contributed by atoms with Crippen molar-refractivity contribution >= 4 is 21.6 Å². The Labute approximate surface area is 115 Å². The summed E-state index contributed by atoms with van der Waals surface area (Å²) in [4.78, 5) is 0. The summed E-state index contributed by atoms with van der Waals surface area (Å²) in [6.45, 7) is 2.05. The third kappa shape index (κ3) is 3.57. The van der Waals surface area contributed by atoms with Gasteiger partial charge in [0.05, 0.1) is 5.69 Å². The summed E-state index contributed by atoms with van der Waals surface area (Å²) >= 11 is 3.41. The maximum Gasteiger partial charge on any atom is 0.146 e. The number of rotatable bonds is 4. The minimum Gasteiger partial charge on any atom is -0.380 e. The third-order valence-corrected chi connectivity index (χ3v) is 3.26. The van der Waals surface area contributed by atoms with Gasteiger partial charge in [0.25, 0.3) is 0 Å². The smallest absolute Gasteiger partial charge is 0.146 e. The Morgan fingerprint density at radius 1 is 1.11 bits per heavy atom. The van der Waals surface area contributed by atoms with Gasteiger partial charge in [-0.3, -0.25) is 0 Å². The Kier molecular flexibility index (Phi) is 4.37. The molecule has 2 aromatic rings.